The van der Waals surface area contributed by atoms with Crippen molar-refractivity contribution in [2.24, 2.45) is 4.40 Å². The lowest BCUT2D eigenvalue weighted by molar-refractivity contribution is -0.130. The summed E-state index contributed by atoms with van der Waals surface area (Å²) < 4.78 is 35.5. The average molecular weight is 530 g/mol. The Morgan fingerprint density at radius 1 is 1.08 bits per heavy atom. The van der Waals surface area contributed by atoms with E-state index in [1.807, 2.05) is 6.92 Å². The van der Waals surface area contributed by atoms with Crippen LogP contribution in [0.5, 0.6) is 5.75 Å². The molecular formula is C26H31N3O5S2. The summed E-state index contributed by atoms with van der Waals surface area (Å²) in [6, 6.07) is 13.4. The molecule has 0 radical (unpaired) electrons. The summed E-state index contributed by atoms with van der Waals surface area (Å²) in [6.45, 7) is 2.00. The highest BCUT2D eigenvalue weighted by Crippen LogP contribution is 2.36. The van der Waals surface area contributed by atoms with Gasteiger partial charge in [0, 0.05) is 18.2 Å². The second-order valence-electron chi connectivity index (χ2n) is 8.93. The molecular weight excluding hydrogens is 498 g/mol. The number of amidine groups is 1. The van der Waals surface area contributed by atoms with E-state index in [1.165, 1.54) is 4.90 Å². The van der Waals surface area contributed by atoms with Gasteiger partial charge in [-0.1, -0.05) is 50.1 Å². The van der Waals surface area contributed by atoms with Gasteiger partial charge >= 0.3 is 0 Å². The largest absolute Gasteiger partial charge is 0.497 e. The first-order chi connectivity index (χ1) is 17.3. The zero-order valence-corrected chi connectivity index (χ0v) is 22.1. The Hall–Kier alpha value is -2.85. The van der Waals surface area contributed by atoms with Crippen LogP contribution >= 0.6 is 11.8 Å². The highest BCUT2D eigenvalue weighted by molar-refractivity contribution is 8.16. The number of carbonyl (C=O) groups excluding carboxylic acids is 2. The van der Waals surface area contributed by atoms with Gasteiger partial charge in [0.2, 0.25) is 11.8 Å². The van der Waals surface area contributed by atoms with Crippen LogP contribution in [0.25, 0.3) is 0 Å². The highest BCUT2D eigenvalue weighted by atomic mass is 32.2. The molecule has 192 valence electrons. The zero-order chi connectivity index (χ0) is 25.7. The van der Waals surface area contributed by atoms with Gasteiger partial charge in [0.15, 0.2) is 5.17 Å². The second kappa shape index (κ2) is 11.5. The van der Waals surface area contributed by atoms with Crippen LogP contribution in [0.1, 0.15) is 51.0 Å². The number of anilines is 1. The third-order valence-corrected chi connectivity index (χ3v) is 9.03. The summed E-state index contributed by atoms with van der Waals surface area (Å²) in [7, 11) is -2.45. The lowest BCUT2D eigenvalue weighted by atomic mass is 9.94. The Morgan fingerprint density at radius 3 is 2.36 bits per heavy atom. The van der Waals surface area contributed by atoms with E-state index in [0.717, 1.165) is 55.9 Å². The summed E-state index contributed by atoms with van der Waals surface area (Å²) in [5.74, 6) is 0.0879. The Balaban J connectivity index is 1.55. The molecule has 8 nitrogen and oxygen atoms in total. The number of nitrogens with zero attached hydrogens (tertiary/aromatic N) is 2. The Labute approximate surface area is 216 Å². The molecule has 2 amide bonds. The summed E-state index contributed by atoms with van der Waals surface area (Å²) in [5, 5.41) is 2.22. The molecule has 0 spiro atoms. The predicted octanol–water partition coefficient (Wildman–Crippen LogP) is 4.61. The van der Waals surface area contributed by atoms with Crippen molar-refractivity contribution in [2.75, 3.05) is 12.4 Å². The number of benzene rings is 2. The maximum absolute atomic E-state index is 13.4. The van der Waals surface area contributed by atoms with E-state index in [1.54, 1.807) is 55.6 Å². The van der Waals surface area contributed by atoms with Crippen molar-refractivity contribution in [3.63, 3.8) is 0 Å². The van der Waals surface area contributed by atoms with Crippen LogP contribution in [-0.2, 0) is 26.0 Å². The van der Waals surface area contributed by atoms with Crippen LogP contribution in [0.4, 0.5) is 5.69 Å². The van der Waals surface area contributed by atoms with Crippen molar-refractivity contribution < 1.29 is 22.7 Å². The maximum atomic E-state index is 13.4. The predicted molar refractivity (Wildman–Crippen MR) is 142 cm³/mol. The monoisotopic (exact) mass is 529 g/mol. The van der Waals surface area contributed by atoms with Crippen LogP contribution in [0.15, 0.2) is 57.8 Å². The minimum absolute atomic E-state index is 0.0803. The van der Waals surface area contributed by atoms with Gasteiger partial charge in [0.05, 0.1) is 12.0 Å². The minimum atomic E-state index is -4.01. The lowest BCUT2D eigenvalue weighted by Gasteiger charge is -2.30. The van der Waals surface area contributed by atoms with Gasteiger partial charge < -0.3 is 10.1 Å². The summed E-state index contributed by atoms with van der Waals surface area (Å²) >= 11 is 1.06. The number of hydrogen-bond donors (Lipinski definition) is 1. The molecule has 10 heteroatoms. The van der Waals surface area contributed by atoms with Crippen molar-refractivity contribution in [2.45, 2.75) is 68.1 Å². The van der Waals surface area contributed by atoms with E-state index in [4.69, 9.17) is 4.74 Å². The number of amides is 2. The number of sulfonamides is 1. The zero-order valence-electron chi connectivity index (χ0n) is 20.5. The number of ether oxygens (including phenoxy) is 1. The third kappa shape index (κ3) is 6.10. The fourth-order valence-corrected chi connectivity index (χ4v) is 6.86. The van der Waals surface area contributed by atoms with Crippen molar-refractivity contribution in [3.8, 4) is 5.75 Å². The van der Waals surface area contributed by atoms with Crippen molar-refractivity contribution in [3.05, 3.63) is 54.1 Å². The fourth-order valence-electron chi connectivity index (χ4n) is 4.46. The SMILES string of the molecule is CCc1ccc(S(=O)(=O)/N=C2/SC(CC(=O)Nc3ccc(OC)cc3)C(=O)N2C2CCCCC2)cc1. The molecule has 1 N–H and O–H groups in total. The topological polar surface area (TPSA) is 105 Å². The van der Waals surface area contributed by atoms with Gasteiger partial charge in [-0.05, 0) is 61.2 Å². The van der Waals surface area contributed by atoms with Gasteiger partial charge in [-0.2, -0.15) is 8.42 Å². The molecule has 2 fully saturated rings. The van der Waals surface area contributed by atoms with E-state index in [0.29, 0.717) is 11.4 Å². The summed E-state index contributed by atoms with van der Waals surface area (Å²) in [5.41, 5.74) is 1.62. The number of thioether (sulfide) groups is 1. The van der Waals surface area contributed by atoms with Gasteiger partial charge in [-0.3, -0.25) is 14.5 Å². The maximum Gasteiger partial charge on any atom is 0.284 e. The summed E-state index contributed by atoms with van der Waals surface area (Å²) in [4.78, 5) is 27.8. The first-order valence-corrected chi connectivity index (χ1v) is 14.5. The van der Waals surface area contributed by atoms with Crippen LogP contribution < -0.4 is 10.1 Å². The molecule has 2 aromatic carbocycles. The molecule has 36 heavy (non-hydrogen) atoms. The Kier molecular flexibility index (Phi) is 8.35. The number of aryl methyl sites for hydroxylation is 1. The molecule has 2 aliphatic rings. The Bertz CT molecular complexity index is 1220. The molecule has 0 aromatic heterocycles. The second-order valence-corrected chi connectivity index (χ2v) is 11.7. The fraction of sp³-hybridized carbons (Fsp3) is 0.423. The standard InChI is InChI=1S/C26H31N3O5S2/c1-3-18-9-15-22(16-10-18)36(32,33)28-26-29(20-7-5-4-6-8-20)25(31)23(35-26)17-24(30)27-19-11-13-21(34-2)14-12-19/h9-16,20,23H,3-8,17H2,1-2H3,(H,27,30)/b28-26+. The van der Waals surface area contributed by atoms with Gasteiger partial charge in [-0.25, -0.2) is 0 Å². The van der Waals surface area contributed by atoms with E-state index in [2.05, 4.69) is 9.71 Å². The number of hydrogen-bond acceptors (Lipinski definition) is 6. The van der Waals surface area contributed by atoms with Crippen molar-refractivity contribution >= 4 is 44.5 Å². The first kappa shape index (κ1) is 26.2. The van der Waals surface area contributed by atoms with E-state index < -0.39 is 15.3 Å². The molecule has 1 unspecified atom stereocenters. The molecule has 1 saturated heterocycles. The van der Waals surface area contributed by atoms with Gasteiger partial charge in [0.1, 0.15) is 11.0 Å². The van der Waals surface area contributed by atoms with Crippen LogP contribution in [-0.4, -0.2) is 48.7 Å². The lowest BCUT2D eigenvalue weighted by Crippen LogP contribution is -2.42. The molecule has 1 heterocycles. The highest BCUT2D eigenvalue weighted by Gasteiger charge is 2.43. The molecule has 1 saturated carbocycles. The average Bonchev–Trinajstić information content (AvgIpc) is 3.18. The molecule has 4 rings (SSSR count). The van der Waals surface area contributed by atoms with Crippen molar-refractivity contribution in [1.29, 1.82) is 0 Å². The minimum Gasteiger partial charge on any atom is -0.497 e. The molecule has 0 bridgehead atoms. The van der Waals surface area contributed by atoms with Gasteiger partial charge in [0.25, 0.3) is 10.0 Å². The third-order valence-electron chi connectivity index (χ3n) is 6.48. The number of carbonyl (C=O) groups is 2. The van der Waals surface area contributed by atoms with E-state index in [-0.39, 0.29) is 34.3 Å². The molecule has 2 aromatic rings. The van der Waals surface area contributed by atoms with Gasteiger partial charge in [-0.15, -0.1) is 4.40 Å². The smallest absolute Gasteiger partial charge is 0.284 e. The van der Waals surface area contributed by atoms with E-state index in [9.17, 15) is 18.0 Å². The number of nitrogens with one attached hydrogen (secondary N) is 1. The molecule has 1 aliphatic heterocycles. The van der Waals surface area contributed by atoms with Crippen LogP contribution in [0.2, 0.25) is 0 Å². The van der Waals surface area contributed by atoms with E-state index >= 15 is 0 Å². The molecule has 1 atom stereocenters. The summed E-state index contributed by atoms with van der Waals surface area (Å²) in [6.07, 6.45) is 5.34. The number of rotatable bonds is 8. The first-order valence-electron chi connectivity index (χ1n) is 12.2. The Morgan fingerprint density at radius 2 is 1.75 bits per heavy atom. The number of methoxy groups -OCH3 is 1. The van der Waals surface area contributed by atoms with Crippen molar-refractivity contribution in [1.82, 2.24) is 4.90 Å². The van der Waals surface area contributed by atoms with Crippen LogP contribution in [0.3, 0.4) is 0 Å². The normalized spacial score (nSPS) is 20.1. The van der Waals surface area contributed by atoms with Crippen LogP contribution in [0, 0.1) is 0 Å². The molecule has 1 aliphatic carbocycles. The quantitative estimate of drug-likeness (QED) is 0.536.